The van der Waals surface area contributed by atoms with Crippen LogP contribution in [-0.2, 0) is 23.3 Å². The largest absolute Gasteiger partial charge is 0.368 e. The van der Waals surface area contributed by atoms with E-state index in [1.165, 1.54) is 34.8 Å². The second-order valence-electron chi connectivity index (χ2n) is 5.30. The second-order valence-corrected chi connectivity index (χ2v) is 6.39. The SMILES string of the molecule is CCOC1(c2nc3c(s2)CNCC3)CCCCC1. The van der Waals surface area contributed by atoms with E-state index in [4.69, 9.17) is 9.72 Å². The molecule has 0 unspecified atom stereocenters. The molecule has 3 nitrogen and oxygen atoms in total. The molecule has 1 aromatic rings. The smallest absolute Gasteiger partial charge is 0.125 e. The average Bonchev–Trinajstić information content (AvgIpc) is 2.84. The molecule has 0 amide bonds. The van der Waals surface area contributed by atoms with E-state index in [-0.39, 0.29) is 5.60 Å². The van der Waals surface area contributed by atoms with Gasteiger partial charge in [-0.25, -0.2) is 4.98 Å². The molecule has 1 aliphatic heterocycles. The normalized spacial score (nSPS) is 22.7. The summed E-state index contributed by atoms with van der Waals surface area (Å²) < 4.78 is 6.16. The Hall–Kier alpha value is -0.450. The number of fused-ring (bicyclic) bond motifs is 1. The van der Waals surface area contributed by atoms with Gasteiger partial charge in [-0.15, -0.1) is 11.3 Å². The van der Waals surface area contributed by atoms with E-state index in [1.54, 1.807) is 0 Å². The molecule has 1 saturated carbocycles. The monoisotopic (exact) mass is 266 g/mol. The van der Waals surface area contributed by atoms with Crippen LogP contribution < -0.4 is 5.32 Å². The van der Waals surface area contributed by atoms with Crippen LogP contribution in [-0.4, -0.2) is 18.1 Å². The summed E-state index contributed by atoms with van der Waals surface area (Å²) in [7, 11) is 0. The molecule has 0 spiro atoms. The van der Waals surface area contributed by atoms with Crippen molar-refractivity contribution in [3.8, 4) is 0 Å². The predicted molar refractivity (Wildman–Crippen MR) is 73.9 cm³/mol. The highest BCUT2D eigenvalue weighted by Crippen LogP contribution is 2.43. The molecule has 1 aromatic heterocycles. The van der Waals surface area contributed by atoms with Gasteiger partial charge in [-0.2, -0.15) is 0 Å². The number of hydrogen-bond donors (Lipinski definition) is 1. The minimum absolute atomic E-state index is 0.0605. The molecular weight excluding hydrogens is 244 g/mol. The first kappa shape index (κ1) is 12.6. The lowest BCUT2D eigenvalue weighted by molar-refractivity contribution is -0.0705. The molecule has 18 heavy (non-hydrogen) atoms. The number of thiazole rings is 1. The summed E-state index contributed by atoms with van der Waals surface area (Å²) in [5.74, 6) is 0. The number of nitrogens with zero attached hydrogens (tertiary/aromatic N) is 1. The number of aromatic nitrogens is 1. The molecule has 1 N–H and O–H groups in total. The van der Waals surface area contributed by atoms with Gasteiger partial charge in [0.2, 0.25) is 0 Å². The van der Waals surface area contributed by atoms with Crippen molar-refractivity contribution in [3.63, 3.8) is 0 Å². The van der Waals surface area contributed by atoms with Crippen LogP contribution in [0.1, 0.15) is 54.6 Å². The lowest BCUT2D eigenvalue weighted by atomic mass is 9.85. The Morgan fingerprint density at radius 2 is 2.17 bits per heavy atom. The summed E-state index contributed by atoms with van der Waals surface area (Å²) in [5, 5.41) is 4.68. The molecule has 0 radical (unpaired) electrons. The van der Waals surface area contributed by atoms with Crippen LogP contribution in [0.2, 0.25) is 0 Å². The topological polar surface area (TPSA) is 34.1 Å². The standard InChI is InChI=1S/C14H22N2OS/c1-2-17-14(7-4-3-5-8-14)13-16-11-6-9-15-10-12(11)18-13/h15H,2-10H2,1H3. The number of ether oxygens (including phenoxy) is 1. The van der Waals surface area contributed by atoms with Gasteiger partial charge in [0.15, 0.2) is 0 Å². The van der Waals surface area contributed by atoms with Gasteiger partial charge in [-0.05, 0) is 19.8 Å². The molecular formula is C14H22N2OS. The fraction of sp³-hybridized carbons (Fsp3) is 0.786. The third-order valence-corrected chi connectivity index (χ3v) is 5.36. The quantitative estimate of drug-likeness (QED) is 0.913. The van der Waals surface area contributed by atoms with Gasteiger partial charge in [-0.1, -0.05) is 19.3 Å². The van der Waals surface area contributed by atoms with E-state index in [0.717, 1.165) is 39.0 Å². The van der Waals surface area contributed by atoms with E-state index < -0.39 is 0 Å². The second kappa shape index (κ2) is 5.27. The first-order chi connectivity index (χ1) is 8.84. The van der Waals surface area contributed by atoms with Crippen molar-refractivity contribution in [1.29, 1.82) is 0 Å². The highest BCUT2D eigenvalue weighted by Gasteiger charge is 2.38. The maximum absolute atomic E-state index is 6.16. The van der Waals surface area contributed by atoms with Gasteiger partial charge in [-0.3, -0.25) is 0 Å². The van der Waals surface area contributed by atoms with Gasteiger partial charge in [0.25, 0.3) is 0 Å². The van der Waals surface area contributed by atoms with Gasteiger partial charge >= 0.3 is 0 Å². The van der Waals surface area contributed by atoms with Crippen LogP contribution >= 0.6 is 11.3 Å². The Balaban J connectivity index is 1.91. The van der Waals surface area contributed by atoms with E-state index in [2.05, 4.69) is 12.2 Å². The summed E-state index contributed by atoms with van der Waals surface area (Å²) in [6, 6.07) is 0. The Morgan fingerprint density at radius 3 is 2.89 bits per heavy atom. The zero-order valence-corrected chi connectivity index (χ0v) is 11.9. The van der Waals surface area contributed by atoms with Crippen molar-refractivity contribution < 1.29 is 4.74 Å². The van der Waals surface area contributed by atoms with Crippen molar-refractivity contribution in [2.45, 2.75) is 57.6 Å². The molecule has 1 fully saturated rings. The minimum atomic E-state index is -0.0605. The number of hydrogen-bond acceptors (Lipinski definition) is 4. The van der Waals surface area contributed by atoms with E-state index in [0.29, 0.717) is 0 Å². The van der Waals surface area contributed by atoms with E-state index >= 15 is 0 Å². The molecule has 2 aliphatic rings. The number of rotatable bonds is 3. The fourth-order valence-corrected chi connectivity index (χ4v) is 4.42. The Bertz CT molecular complexity index is 381. The first-order valence-corrected chi connectivity index (χ1v) is 7.99. The Kier molecular flexibility index (Phi) is 3.68. The van der Waals surface area contributed by atoms with Crippen LogP contribution in [0.5, 0.6) is 0 Å². The van der Waals surface area contributed by atoms with E-state index in [9.17, 15) is 0 Å². The summed E-state index contributed by atoms with van der Waals surface area (Å²) in [6.07, 6.45) is 7.29. The summed E-state index contributed by atoms with van der Waals surface area (Å²) in [5.41, 5.74) is 1.26. The van der Waals surface area contributed by atoms with E-state index in [1.807, 2.05) is 11.3 Å². The third kappa shape index (κ3) is 2.22. The predicted octanol–water partition coefficient (Wildman–Crippen LogP) is 2.98. The highest BCUT2D eigenvalue weighted by atomic mass is 32.1. The Morgan fingerprint density at radius 1 is 1.33 bits per heavy atom. The van der Waals surface area contributed by atoms with Crippen molar-refractivity contribution in [2.75, 3.05) is 13.2 Å². The molecule has 3 rings (SSSR count). The maximum atomic E-state index is 6.16. The van der Waals surface area contributed by atoms with Crippen molar-refractivity contribution in [3.05, 3.63) is 15.6 Å². The molecule has 0 saturated heterocycles. The van der Waals surface area contributed by atoms with Gasteiger partial charge in [0.05, 0.1) is 5.69 Å². The van der Waals surface area contributed by atoms with Crippen LogP contribution in [0.4, 0.5) is 0 Å². The maximum Gasteiger partial charge on any atom is 0.125 e. The van der Waals surface area contributed by atoms with Crippen LogP contribution in [0.25, 0.3) is 0 Å². The van der Waals surface area contributed by atoms with Gasteiger partial charge in [0.1, 0.15) is 10.6 Å². The van der Waals surface area contributed by atoms with Gasteiger partial charge < -0.3 is 10.1 Å². The molecule has 0 atom stereocenters. The third-order valence-electron chi connectivity index (χ3n) is 4.07. The molecule has 2 heterocycles. The lowest BCUT2D eigenvalue weighted by Crippen LogP contribution is -2.32. The molecule has 1 aliphatic carbocycles. The highest BCUT2D eigenvalue weighted by molar-refractivity contribution is 7.11. The molecule has 4 heteroatoms. The fourth-order valence-electron chi connectivity index (χ4n) is 3.14. The summed E-state index contributed by atoms with van der Waals surface area (Å²) >= 11 is 1.88. The Labute approximate surface area is 113 Å². The van der Waals surface area contributed by atoms with Gasteiger partial charge in [0, 0.05) is 31.0 Å². The zero-order valence-electron chi connectivity index (χ0n) is 11.1. The summed E-state index contributed by atoms with van der Waals surface area (Å²) in [6.45, 7) is 4.96. The molecule has 100 valence electrons. The van der Waals surface area contributed by atoms with Crippen LogP contribution in [0.15, 0.2) is 0 Å². The summed E-state index contributed by atoms with van der Waals surface area (Å²) in [4.78, 5) is 6.35. The molecule has 0 bridgehead atoms. The lowest BCUT2D eigenvalue weighted by Gasteiger charge is -2.35. The number of nitrogens with one attached hydrogen (secondary N) is 1. The van der Waals surface area contributed by atoms with Crippen LogP contribution in [0, 0.1) is 0 Å². The van der Waals surface area contributed by atoms with Crippen LogP contribution in [0.3, 0.4) is 0 Å². The van der Waals surface area contributed by atoms with Crippen molar-refractivity contribution in [1.82, 2.24) is 10.3 Å². The zero-order chi connectivity index (χ0) is 12.4. The van der Waals surface area contributed by atoms with Crippen molar-refractivity contribution >= 4 is 11.3 Å². The van der Waals surface area contributed by atoms with Crippen molar-refractivity contribution in [2.24, 2.45) is 0 Å². The first-order valence-electron chi connectivity index (χ1n) is 7.18. The average molecular weight is 266 g/mol. The molecule has 0 aromatic carbocycles. The minimum Gasteiger partial charge on any atom is -0.368 e.